The summed E-state index contributed by atoms with van der Waals surface area (Å²) in [5.74, 6) is -0.0441. The van der Waals surface area contributed by atoms with Crippen LogP contribution in [0.3, 0.4) is 0 Å². The largest absolute Gasteiger partial charge is 2.00 e. The first kappa shape index (κ1) is 11.4. The van der Waals surface area contributed by atoms with Crippen LogP contribution < -0.4 is 0 Å². The van der Waals surface area contributed by atoms with E-state index in [0.717, 1.165) is 12.1 Å². The molecule has 0 aliphatic rings. The van der Waals surface area contributed by atoms with Crippen molar-refractivity contribution in [3.63, 3.8) is 0 Å². The summed E-state index contributed by atoms with van der Waals surface area (Å²) in [6, 6.07) is 4.60. The molecule has 6 heteroatoms. The molecule has 0 bridgehead atoms. The average Bonchev–Trinajstić information content (AvgIpc) is 1.86. The Morgan fingerprint density at radius 3 is 1.83 bits per heavy atom. The van der Waals surface area contributed by atoms with Gasteiger partial charge in [-0.25, -0.2) is 0 Å². The first-order valence-electron chi connectivity index (χ1n) is 2.77. The van der Waals surface area contributed by atoms with Gasteiger partial charge < -0.3 is 5.11 Å². The number of aromatic hydroxyl groups is 1. The third-order valence-electron chi connectivity index (χ3n) is 1.13. The van der Waals surface area contributed by atoms with Crippen LogP contribution >= 0.6 is 0 Å². The molecule has 0 atom stereocenters. The molecule has 0 heterocycles. The molecule has 1 radical (unpaired) electrons. The zero-order valence-corrected chi connectivity index (χ0v) is 7.49. The van der Waals surface area contributed by atoms with E-state index in [9.17, 15) is 8.42 Å². The fourth-order valence-electron chi connectivity index (χ4n) is 0.618. The summed E-state index contributed by atoms with van der Waals surface area (Å²) in [7, 11) is -4.13. The molecule has 0 amide bonds. The first-order chi connectivity index (χ1) is 5.00. The Bertz CT molecular complexity index is 342. The van der Waals surface area contributed by atoms with E-state index >= 15 is 0 Å². The monoisotopic (exact) mass is 237 g/mol. The normalized spacial score (nSPS) is 10.4. The van der Waals surface area contributed by atoms with Crippen LogP contribution in [-0.2, 0) is 27.2 Å². The molecule has 0 aliphatic heterocycles. The summed E-state index contributed by atoms with van der Waals surface area (Å²) in [6.45, 7) is 0. The molecule has 12 heavy (non-hydrogen) atoms. The molecule has 0 saturated carbocycles. The summed E-state index contributed by atoms with van der Waals surface area (Å²) >= 11 is 0. The van der Waals surface area contributed by atoms with E-state index in [4.69, 9.17) is 9.66 Å². The zero-order valence-electron chi connectivity index (χ0n) is 5.73. The van der Waals surface area contributed by atoms with Crippen LogP contribution in [0.5, 0.6) is 5.75 Å². The van der Waals surface area contributed by atoms with Crippen molar-refractivity contribution in [1.29, 1.82) is 0 Å². The van der Waals surface area contributed by atoms with E-state index in [1.54, 1.807) is 0 Å². The Morgan fingerprint density at radius 2 is 1.50 bits per heavy atom. The van der Waals surface area contributed by atoms with Crippen LogP contribution in [0.15, 0.2) is 29.2 Å². The van der Waals surface area contributed by atoms with Crippen molar-refractivity contribution < 1.29 is 35.1 Å². The maximum atomic E-state index is 10.4. The fourth-order valence-corrected chi connectivity index (χ4v) is 1.10. The molecule has 1 rings (SSSR count). The van der Waals surface area contributed by atoms with Crippen molar-refractivity contribution in [3.8, 4) is 5.75 Å². The van der Waals surface area contributed by atoms with Crippen molar-refractivity contribution in [2.75, 3.05) is 0 Å². The van der Waals surface area contributed by atoms with Crippen molar-refractivity contribution in [3.05, 3.63) is 24.3 Å². The summed E-state index contributed by atoms with van der Waals surface area (Å²) in [5, 5.41) is 8.75. The van der Waals surface area contributed by atoms with Gasteiger partial charge in [0.25, 0.3) is 10.1 Å². The van der Waals surface area contributed by atoms with Gasteiger partial charge in [-0.05, 0) is 24.3 Å². The van der Waals surface area contributed by atoms with Crippen LogP contribution in [0.4, 0.5) is 0 Å². The number of hydrogen-bond donors (Lipinski definition) is 2. The Balaban J connectivity index is 0.00000121. The molecule has 0 spiro atoms. The van der Waals surface area contributed by atoms with Gasteiger partial charge in [-0.2, -0.15) is 8.42 Å². The number of hydrogen-bond acceptors (Lipinski definition) is 3. The third-order valence-corrected chi connectivity index (χ3v) is 2.00. The van der Waals surface area contributed by atoms with E-state index in [1.165, 1.54) is 12.1 Å². The minimum Gasteiger partial charge on any atom is -0.508 e. The van der Waals surface area contributed by atoms with Gasteiger partial charge in [0.2, 0.25) is 0 Å². The second-order valence-electron chi connectivity index (χ2n) is 1.97. The van der Waals surface area contributed by atoms with E-state index < -0.39 is 10.1 Å². The summed E-state index contributed by atoms with van der Waals surface area (Å²) in [6.07, 6.45) is 0. The quantitative estimate of drug-likeness (QED) is 0.555. The molecule has 0 fully saturated rings. The SMILES string of the molecule is O=S(=O)(O)c1ccc(O)cc1.[Cu+2]. The molecule has 0 aromatic heterocycles. The summed E-state index contributed by atoms with van der Waals surface area (Å²) in [5.41, 5.74) is 0. The van der Waals surface area contributed by atoms with Gasteiger partial charge in [0.05, 0.1) is 4.90 Å². The second kappa shape index (κ2) is 3.91. The smallest absolute Gasteiger partial charge is 0.508 e. The minimum atomic E-state index is -4.13. The maximum absolute atomic E-state index is 10.4. The van der Waals surface area contributed by atoms with Crippen LogP contribution in [0.2, 0.25) is 0 Å². The van der Waals surface area contributed by atoms with Crippen molar-refractivity contribution >= 4 is 10.1 Å². The van der Waals surface area contributed by atoms with Gasteiger partial charge in [-0.3, -0.25) is 4.55 Å². The molecule has 0 unspecified atom stereocenters. The van der Waals surface area contributed by atoms with Crippen LogP contribution in [0.1, 0.15) is 0 Å². The van der Waals surface area contributed by atoms with Crippen LogP contribution in [-0.4, -0.2) is 18.1 Å². The molecule has 1 aromatic carbocycles. The van der Waals surface area contributed by atoms with Gasteiger partial charge in [0, 0.05) is 0 Å². The minimum absolute atomic E-state index is 0. The Kier molecular flexibility index (Phi) is 3.73. The molecule has 69 valence electrons. The third kappa shape index (κ3) is 2.83. The average molecular weight is 238 g/mol. The van der Waals surface area contributed by atoms with Crippen molar-refractivity contribution in [1.82, 2.24) is 0 Å². The van der Waals surface area contributed by atoms with Gasteiger partial charge in [0.1, 0.15) is 5.75 Å². The molecule has 2 N–H and O–H groups in total. The predicted octanol–water partition coefficient (Wildman–Crippen LogP) is 0.636. The number of phenolic OH excluding ortho intramolecular Hbond substituents is 1. The molecular formula is C6H6CuO4S+2. The van der Waals surface area contributed by atoms with Gasteiger partial charge in [0.15, 0.2) is 0 Å². The van der Waals surface area contributed by atoms with Gasteiger partial charge in [-0.15, -0.1) is 0 Å². The van der Waals surface area contributed by atoms with Crippen LogP contribution in [0, 0.1) is 0 Å². The van der Waals surface area contributed by atoms with E-state index in [0.29, 0.717) is 0 Å². The topological polar surface area (TPSA) is 74.6 Å². The molecular weight excluding hydrogens is 232 g/mol. The number of rotatable bonds is 1. The van der Waals surface area contributed by atoms with Crippen molar-refractivity contribution in [2.24, 2.45) is 0 Å². The van der Waals surface area contributed by atoms with Gasteiger partial charge >= 0.3 is 17.1 Å². The van der Waals surface area contributed by atoms with Crippen molar-refractivity contribution in [2.45, 2.75) is 4.90 Å². The second-order valence-corrected chi connectivity index (χ2v) is 3.39. The van der Waals surface area contributed by atoms with Crippen LogP contribution in [0.25, 0.3) is 0 Å². The molecule has 1 aromatic rings. The zero-order chi connectivity index (χ0) is 8.48. The van der Waals surface area contributed by atoms with E-state index in [2.05, 4.69) is 0 Å². The summed E-state index contributed by atoms with van der Waals surface area (Å²) < 4.78 is 29.3. The number of benzene rings is 1. The molecule has 0 saturated heterocycles. The summed E-state index contributed by atoms with van der Waals surface area (Å²) in [4.78, 5) is -0.227. The fraction of sp³-hybridized carbons (Fsp3) is 0. The molecule has 4 nitrogen and oxygen atoms in total. The Hall–Kier alpha value is -0.551. The maximum Gasteiger partial charge on any atom is 2.00 e. The Morgan fingerprint density at radius 1 is 1.08 bits per heavy atom. The predicted molar refractivity (Wildman–Crippen MR) is 37.9 cm³/mol. The standard InChI is InChI=1S/C6H6O4S.Cu/c7-5-1-3-6(4-2-5)11(8,9)10;/h1-4,7H,(H,8,9,10);/q;+2. The van der Waals surface area contributed by atoms with Gasteiger partial charge in [-0.1, -0.05) is 0 Å². The number of phenols is 1. The van der Waals surface area contributed by atoms with E-state index in [1.807, 2.05) is 0 Å². The Labute approximate surface area is 80.4 Å². The molecule has 0 aliphatic carbocycles. The first-order valence-corrected chi connectivity index (χ1v) is 4.21. The van der Waals surface area contributed by atoms with E-state index in [-0.39, 0.29) is 27.7 Å².